The third-order valence-corrected chi connectivity index (χ3v) is 5.30. The van der Waals surface area contributed by atoms with Crippen molar-refractivity contribution in [1.29, 1.82) is 0 Å². The maximum absolute atomic E-state index is 12.4. The van der Waals surface area contributed by atoms with Crippen LogP contribution in [0.3, 0.4) is 0 Å². The van der Waals surface area contributed by atoms with E-state index in [1.165, 1.54) is 0 Å². The molecule has 0 saturated heterocycles. The van der Waals surface area contributed by atoms with E-state index in [0.29, 0.717) is 16.3 Å². The Morgan fingerprint density at radius 3 is 2.40 bits per heavy atom. The van der Waals surface area contributed by atoms with Crippen LogP contribution in [0.15, 0.2) is 41.3 Å². The van der Waals surface area contributed by atoms with Gasteiger partial charge in [0.05, 0.1) is 15.6 Å². The topological polar surface area (TPSA) is 46.2 Å². The van der Waals surface area contributed by atoms with Gasteiger partial charge in [-0.05, 0) is 66.3 Å². The van der Waals surface area contributed by atoms with E-state index in [1.54, 1.807) is 37.3 Å². The quantitative estimate of drug-likeness (QED) is 0.749. The van der Waals surface area contributed by atoms with E-state index in [-0.39, 0.29) is 4.90 Å². The minimum atomic E-state index is -3.63. The lowest BCUT2D eigenvalue weighted by Gasteiger charge is -2.12. The van der Waals surface area contributed by atoms with Gasteiger partial charge in [0, 0.05) is 3.57 Å². The van der Waals surface area contributed by atoms with E-state index in [4.69, 9.17) is 11.6 Å². The first-order chi connectivity index (χ1) is 9.29. The summed E-state index contributed by atoms with van der Waals surface area (Å²) in [6, 6.07) is 10.4. The van der Waals surface area contributed by atoms with Crippen molar-refractivity contribution in [2.75, 3.05) is 4.72 Å². The highest BCUT2D eigenvalue weighted by atomic mass is 127. The van der Waals surface area contributed by atoms with Crippen LogP contribution >= 0.6 is 34.2 Å². The Morgan fingerprint density at radius 1 is 1.10 bits per heavy atom. The number of halogens is 2. The molecule has 0 unspecified atom stereocenters. The van der Waals surface area contributed by atoms with Crippen molar-refractivity contribution in [2.45, 2.75) is 18.7 Å². The van der Waals surface area contributed by atoms with Crippen molar-refractivity contribution in [3.05, 3.63) is 56.1 Å². The van der Waals surface area contributed by atoms with E-state index in [2.05, 4.69) is 27.3 Å². The molecule has 106 valence electrons. The van der Waals surface area contributed by atoms with Crippen molar-refractivity contribution < 1.29 is 8.42 Å². The number of rotatable bonds is 3. The molecule has 0 bridgehead atoms. The van der Waals surface area contributed by atoms with Crippen molar-refractivity contribution in [3.63, 3.8) is 0 Å². The molecular weight excluding hydrogens is 409 g/mol. The van der Waals surface area contributed by atoms with Gasteiger partial charge in [-0.15, -0.1) is 0 Å². The zero-order chi connectivity index (χ0) is 14.9. The number of anilines is 1. The standard InChI is InChI=1S/C14H13ClINO2S/c1-9-3-6-14(10(2)7-9)20(18,19)17-13-5-4-11(16)8-12(13)15/h3-8,17H,1-2H3. The summed E-state index contributed by atoms with van der Waals surface area (Å²) in [7, 11) is -3.63. The summed E-state index contributed by atoms with van der Waals surface area (Å²) < 4.78 is 28.3. The van der Waals surface area contributed by atoms with E-state index in [1.807, 2.05) is 13.0 Å². The molecule has 0 aliphatic carbocycles. The number of hydrogen-bond donors (Lipinski definition) is 1. The molecule has 3 nitrogen and oxygen atoms in total. The van der Waals surface area contributed by atoms with E-state index in [0.717, 1.165) is 9.13 Å². The highest BCUT2D eigenvalue weighted by Crippen LogP contribution is 2.27. The lowest BCUT2D eigenvalue weighted by atomic mass is 10.2. The number of aryl methyl sites for hydroxylation is 2. The highest BCUT2D eigenvalue weighted by molar-refractivity contribution is 14.1. The first-order valence-electron chi connectivity index (χ1n) is 5.85. The summed E-state index contributed by atoms with van der Waals surface area (Å²) in [6.45, 7) is 3.70. The Morgan fingerprint density at radius 2 is 1.80 bits per heavy atom. The summed E-state index contributed by atoms with van der Waals surface area (Å²) in [5.74, 6) is 0. The number of hydrogen-bond acceptors (Lipinski definition) is 2. The summed E-state index contributed by atoms with van der Waals surface area (Å²) in [5.41, 5.74) is 2.11. The molecule has 0 saturated carbocycles. The average molecular weight is 422 g/mol. The fourth-order valence-corrected chi connectivity index (χ4v) is 4.14. The molecule has 0 amide bonds. The fraction of sp³-hybridized carbons (Fsp3) is 0.143. The van der Waals surface area contributed by atoms with Gasteiger partial charge in [0.25, 0.3) is 10.0 Å². The lowest BCUT2D eigenvalue weighted by molar-refractivity contribution is 0.600. The van der Waals surface area contributed by atoms with Crippen LogP contribution in [0.5, 0.6) is 0 Å². The van der Waals surface area contributed by atoms with Crippen LogP contribution in [0.1, 0.15) is 11.1 Å². The average Bonchev–Trinajstić information content (AvgIpc) is 2.32. The zero-order valence-electron chi connectivity index (χ0n) is 10.9. The van der Waals surface area contributed by atoms with E-state index < -0.39 is 10.0 Å². The van der Waals surface area contributed by atoms with Crippen LogP contribution in [0, 0.1) is 17.4 Å². The predicted octanol–water partition coefficient (Wildman–Crippen LogP) is 4.36. The van der Waals surface area contributed by atoms with Crippen LogP contribution in [-0.4, -0.2) is 8.42 Å². The zero-order valence-corrected chi connectivity index (χ0v) is 14.7. The SMILES string of the molecule is Cc1ccc(S(=O)(=O)Nc2ccc(I)cc2Cl)c(C)c1. The minimum Gasteiger partial charge on any atom is -0.278 e. The van der Waals surface area contributed by atoms with Crippen LogP contribution < -0.4 is 4.72 Å². The normalized spacial score (nSPS) is 11.4. The van der Waals surface area contributed by atoms with Gasteiger partial charge in [0.15, 0.2) is 0 Å². The van der Waals surface area contributed by atoms with Gasteiger partial charge >= 0.3 is 0 Å². The summed E-state index contributed by atoms with van der Waals surface area (Å²) in [5, 5.41) is 0.380. The summed E-state index contributed by atoms with van der Waals surface area (Å²) in [6.07, 6.45) is 0. The van der Waals surface area contributed by atoms with Crippen LogP contribution in [0.2, 0.25) is 5.02 Å². The molecule has 1 N–H and O–H groups in total. The number of benzene rings is 2. The van der Waals surface area contributed by atoms with Crippen molar-refractivity contribution in [1.82, 2.24) is 0 Å². The van der Waals surface area contributed by atoms with Crippen molar-refractivity contribution >= 4 is 49.9 Å². The molecule has 0 fully saturated rings. The van der Waals surface area contributed by atoms with Gasteiger partial charge in [-0.3, -0.25) is 4.72 Å². The van der Waals surface area contributed by atoms with Gasteiger partial charge in [-0.2, -0.15) is 0 Å². The number of nitrogens with one attached hydrogen (secondary N) is 1. The number of sulfonamides is 1. The monoisotopic (exact) mass is 421 g/mol. The molecule has 0 aliphatic heterocycles. The molecule has 2 rings (SSSR count). The minimum absolute atomic E-state index is 0.262. The Balaban J connectivity index is 2.41. The Labute approximate surface area is 137 Å². The fourth-order valence-electron chi connectivity index (χ4n) is 1.87. The van der Waals surface area contributed by atoms with Crippen molar-refractivity contribution in [3.8, 4) is 0 Å². The second kappa shape index (κ2) is 5.91. The largest absolute Gasteiger partial charge is 0.278 e. The maximum Gasteiger partial charge on any atom is 0.262 e. The maximum atomic E-state index is 12.4. The molecule has 0 heterocycles. The van der Waals surface area contributed by atoms with Gasteiger partial charge in [0.1, 0.15) is 0 Å². The van der Waals surface area contributed by atoms with Crippen LogP contribution in [0.4, 0.5) is 5.69 Å². The van der Waals surface area contributed by atoms with E-state index in [9.17, 15) is 8.42 Å². The van der Waals surface area contributed by atoms with Gasteiger partial charge < -0.3 is 0 Å². The molecule has 0 atom stereocenters. The Kier molecular flexibility index (Phi) is 4.61. The summed E-state index contributed by atoms with van der Waals surface area (Å²) in [4.78, 5) is 0.262. The van der Waals surface area contributed by atoms with Crippen LogP contribution in [0.25, 0.3) is 0 Å². The lowest BCUT2D eigenvalue weighted by Crippen LogP contribution is -2.14. The molecule has 0 aliphatic rings. The smallest absolute Gasteiger partial charge is 0.262 e. The first kappa shape index (κ1) is 15.6. The third kappa shape index (κ3) is 3.45. The molecule has 20 heavy (non-hydrogen) atoms. The van der Waals surface area contributed by atoms with Crippen molar-refractivity contribution in [2.24, 2.45) is 0 Å². The molecule has 2 aromatic rings. The Hall–Kier alpha value is -0.790. The highest BCUT2D eigenvalue weighted by Gasteiger charge is 2.18. The van der Waals surface area contributed by atoms with Crippen LogP contribution in [-0.2, 0) is 10.0 Å². The predicted molar refractivity (Wildman–Crippen MR) is 90.9 cm³/mol. The molecule has 0 spiro atoms. The van der Waals surface area contributed by atoms with Gasteiger partial charge in [0.2, 0.25) is 0 Å². The van der Waals surface area contributed by atoms with E-state index >= 15 is 0 Å². The Bertz CT molecular complexity index is 760. The van der Waals surface area contributed by atoms with Gasteiger partial charge in [-0.25, -0.2) is 8.42 Å². The second-order valence-electron chi connectivity index (χ2n) is 4.50. The molecule has 6 heteroatoms. The third-order valence-electron chi connectivity index (χ3n) is 2.80. The molecular formula is C14H13ClINO2S. The molecule has 0 aromatic heterocycles. The molecule has 2 aromatic carbocycles. The first-order valence-corrected chi connectivity index (χ1v) is 8.79. The van der Waals surface area contributed by atoms with Gasteiger partial charge in [-0.1, -0.05) is 29.3 Å². The second-order valence-corrected chi connectivity index (χ2v) is 7.80. The molecule has 0 radical (unpaired) electrons. The summed E-state index contributed by atoms with van der Waals surface area (Å²) >= 11 is 8.17.